The third-order valence-corrected chi connectivity index (χ3v) is 7.59. The number of carbonyl (C=O) groups is 1. The van der Waals surface area contributed by atoms with Gasteiger partial charge < -0.3 is 9.88 Å². The van der Waals surface area contributed by atoms with Crippen LogP contribution >= 0.6 is 0 Å². The van der Waals surface area contributed by atoms with Gasteiger partial charge in [-0.15, -0.1) is 0 Å². The number of hydrogen-bond acceptors (Lipinski definition) is 4. The molecule has 7 nitrogen and oxygen atoms in total. The molecule has 2 aromatic carbocycles. The van der Waals surface area contributed by atoms with Gasteiger partial charge in [-0.1, -0.05) is 19.9 Å². The molecule has 0 radical (unpaired) electrons. The summed E-state index contributed by atoms with van der Waals surface area (Å²) >= 11 is 0. The van der Waals surface area contributed by atoms with Gasteiger partial charge in [-0.2, -0.15) is 4.31 Å². The van der Waals surface area contributed by atoms with E-state index in [-0.39, 0.29) is 10.8 Å². The van der Waals surface area contributed by atoms with Crippen LogP contribution in [-0.2, 0) is 27.8 Å². The van der Waals surface area contributed by atoms with E-state index in [1.54, 1.807) is 18.2 Å². The number of aryl methyl sites for hydroxylation is 4. The number of anilines is 1. The minimum absolute atomic E-state index is 0.0745. The molecule has 0 saturated carbocycles. The van der Waals surface area contributed by atoms with Crippen molar-refractivity contribution >= 4 is 32.7 Å². The average Bonchev–Trinajstić information content (AvgIpc) is 3.08. The highest BCUT2D eigenvalue weighted by Crippen LogP contribution is 2.24. The topological polar surface area (TPSA) is 84.3 Å². The zero-order chi connectivity index (χ0) is 23.5. The summed E-state index contributed by atoms with van der Waals surface area (Å²) < 4.78 is 29.2. The minimum atomic E-state index is -3.55. The van der Waals surface area contributed by atoms with Gasteiger partial charge in [-0.3, -0.25) is 4.79 Å². The second kappa shape index (κ2) is 9.83. The van der Waals surface area contributed by atoms with Crippen molar-refractivity contribution in [2.75, 3.05) is 18.4 Å². The fourth-order valence-corrected chi connectivity index (χ4v) is 5.55. The Balaban J connectivity index is 1.81. The number of benzene rings is 2. The van der Waals surface area contributed by atoms with Crippen LogP contribution < -0.4 is 5.32 Å². The third kappa shape index (κ3) is 5.02. The fraction of sp³-hybridized carbons (Fsp3) is 0.417. The van der Waals surface area contributed by atoms with Gasteiger partial charge in [0, 0.05) is 38.2 Å². The van der Waals surface area contributed by atoms with Crippen molar-refractivity contribution in [1.29, 1.82) is 0 Å². The number of rotatable bonds is 9. The molecule has 32 heavy (non-hydrogen) atoms. The molecule has 172 valence electrons. The lowest BCUT2D eigenvalue weighted by Gasteiger charge is -2.18. The predicted octanol–water partition coefficient (Wildman–Crippen LogP) is 4.27. The van der Waals surface area contributed by atoms with Crippen LogP contribution in [0.3, 0.4) is 0 Å². The number of amides is 1. The monoisotopic (exact) mass is 456 g/mol. The molecule has 8 heteroatoms. The number of hydrogen-bond donors (Lipinski definition) is 1. The van der Waals surface area contributed by atoms with Crippen LogP contribution in [-0.4, -0.2) is 41.3 Å². The van der Waals surface area contributed by atoms with Gasteiger partial charge >= 0.3 is 0 Å². The molecule has 0 aliphatic rings. The van der Waals surface area contributed by atoms with E-state index in [1.807, 2.05) is 51.3 Å². The first-order valence-electron chi connectivity index (χ1n) is 11.1. The highest BCUT2D eigenvalue weighted by Gasteiger charge is 2.23. The summed E-state index contributed by atoms with van der Waals surface area (Å²) in [6.45, 7) is 11.2. The maximum atomic E-state index is 12.9. The van der Waals surface area contributed by atoms with Gasteiger partial charge in [0.05, 0.1) is 15.9 Å². The van der Waals surface area contributed by atoms with E-state index < -0.39 is 10.0 Å². The number of aromatic nitrogens is 2. The summed E-state index contributed by atoms with van der Waals surface area (Å²) in [6, 6.07) is 11.0. The first kappa shape index (κ1) is 23.9. The van der Waals surface area contributed by atoms with Crippen molar-refractivity contribution < 1.29 is 13.2 Å². The van der Waals surface area contributed by atoms with Crippen molar-refractivity contribution in [1.82, 2.24) is 13.9 Å². The number of nitrogens with one attached hydrogen (secondary N) is 1. The van der Waals surface area contributed by atoms with Crippen LogP contribution in [0.25, 0.3) is 11.0 Å². The maximum absolute atomic E-state index is 12.9. The van der Waals surface area contributed by atoms with Gasteiger partial charge in [0.25, 0.3) is 0 Å². The molecule has 0 aliphatic heterocycles. The Bertz CT molecular complexity index is 1210. The van der Waals surface area contributed by atoms with Crippen LogP contribution in [0.15, 0.2) is 41.3 Å². The van der Waals surface area contributed by atoms with Crippen molar-refractivity contribution in [3.05, 3.63) is 53.3 Å². The Hall–Kier alpha value is -2.71. The van der Waals surface area contributed by atoms with Crippen LogP contribution in [0.1, 0.15) is 44.1 Å². The summed E-state index contributed by atoms with van der Waals surface area (Å²) in [4.78, 5) is 17.4. The lowest BCUT2D eigenvalue weighted by molar-refractivity contribution is -0.116. The van der Waals surface area contributed by atoms with Crippen molar-refractivity contribution in [3.8, 4) is 0 Å². The minimum Gasteiger partial charge on any atom is -0.328 e. The molecule has 3 aromatic rings. The Kier molecular flexibility index (Phi) is 7.36. The van der Waals surface area contributed by atoms with Crippen molar-refractivity contribution in [3.63, 3.8) is 0 Å². The van der Waals surface area contributed by atoms with Crippen LogP contribution in [0.4, 0.5) is 5.69 Å². The van der Waals surface area contributed by atoms with E-state index in [2.05, 4.69) is 16.4 Å². The number of nitrogens with zero attached hydrogens (tertiary/aromatic N) is 3. The molecule has 3 rings (SSSR count). The van der Waals surface area contributed by atoms with E-state index >= 15 is 0 Å². The van der Waals surface area contributed by atoms with Crippen LogP contribution in [0.2, 0.25) is 0 Å². The zero-order valence-corrected chi connectivity index (χ0v) is 20.3. The van der Waals surface area contributed by atoms with E-state index in [1.165, 1.54) is 4.31 Å². The quantitative estimate of drug-likeness (QED) is 0.521. The fourth-order valence-electron chi connectivity index (χ4n) is 4.07. The standard InChI is InChI=1S/C24H32N4O3S/c1-6-27(7-2)32(30,31)20-9-10-22-21(16-20)26-23(28(22)8-3)11-12-24(29)25-19-14-17(4)13-18(5)15-19/h9-10,13-16H,6-8,11-12H2,1-5H3,(H,25,29). The third-order valence-electron chi connectivity index (χ3n) is 5.54. The van der Waals surface area contributed by atoms with Gasteiger partial charge in [0.2, 0.25) is 15.9 Å². The van der Waals surface area contributed by atoms with Gasteiger partial charge in [-0.25, -0.2) is 13.4 Å². The van der Waals surface area contributed by atoms with Crippen LogP contribution in [0.5, 0.6) is 0 Å². The zero-order valence-electron chi connectivity index (χ0n) is 19.5. The Labute approximate surface area is 190 Å². The smallest absolute Gasteiger partial charge is 0.243 e. The molecule has 1 amide bonds. The second-order valence-corrected chi connectivity index (χ2v) is 9.87. The van der Waals surface area contributed by atoms with E-state index in [4.69, 9.17) is 0 Å². The van der Waals surface area contributed by atoms with Crippen molar-refractivity contribution in [2.45, 2.75) is 58.9 Å². The molecule has 0 bridgehead atoms. The first-order chi connectivity index (χ1) is 15.2. The van der Waals surface area contributed by atoms with Crippen molar-refractivity contribution in [2.24, 2.45) is 0 Å². The van der Waals surface area contributed by atoms with E-state index in [0.717, 1.165) is 28.2 Å². The number of carbonyl (C=O) groups excluding carboxylic acids is 1. The molecule has 0 spiro atoms. The molecule has 1 N–H and O–H groups in total. The molecule has 1 aromatic heterocycles. The Morgan fingerprint density at radius 1 is 1.03 bits per heavy atom. The normalized spacial score (nSPS) is 11.9. The summed E-state index contributed by atoms with van der Waals surface area (Å²) in [7, 11) is -3.55. The molecule has 1 heterocycles. The van der Waals surface area contributed by atoms with Gasteiger partial charge in [0.15, 0.2) is 0 Å². The maximum Gasteiger partial charge on any atom is 0.243 e. The average molecular weight is 457 g/mol. The number of sulfonamides is 1. The largest absolute Gasteiger partial charge is 0.328 e. The molecule has 0 unspecified atom stereocenters. The molecule has 0 atom stereocenters. The summed E-state index contributed by atoms with van der Waals surface area (Å²) in [5.41, 5.74) is 4.50. The summed E-state index contributed by atoms with van der Waals surface area (Å²) in [6.07, 6.45) is 0.762. The lowest BCUT2D eigenvalue weighted by Crippen LogP contribution is -2.30. The van der Waals surface area contributed by atoms with Gasteiger partial charge in [-0.05, 0) is 62.2 Å². The highest BCUT2D eigenvalue weighted by atomic mass is 32.2. The SMILES string of the molecule is CCN(CC)S(=O)(=O)c1ccc2c(c1)nc(CCC(=O)Nc1cc(C)cc(C)c1)n2CC. The summed E-state index contributed by atoms with van der Waals surface area (Å²) in [5.74, 6) is 0.699. The molecular formula is C24H32N4O3S. The molecule has 0 aliphatic carbocycles. The predicted molar refractivity (Wildman–Crippen MR) is 128 cm³/mol. The molecule has 0 saturated heterocycles. The van der Waals surface area contributed by atoms with Crippen LogP contribution in [0, 0.1) is 13.8 Å². The lowest BCUT2D eigenvalue weighted by atomic mass is 10.1. The molecule has 0 fully saturated rings. The second-order valence-electron chi connectivity index (χ2n) is 7.94. The van der Waals surface area contributed by atoms with Gasteiger partial charge in [0.1, 0.15) is 5.82 Å². The number of fused-ring (bicyclic) bond motifs is 1. The first-order valence-corrected chi connectivity index (χ1v) is 12.5. The van der Waals surface area contributed by atoms with E-state index in [0.29, 0.717) is 38.0 Å². The number of imidazole rings is 1. The van der Waals surface area contributed by atoms with E-state index in [9.17, 15) is 13.2 Å². The Morgan fingerprint density at radius 3 is 2.28 bits per heavy atom. The highest BCUT2D eigenvalue weighted by molar-refractivity contribution is 7.89. The summed E-state index contributed by atoms with van der Waals surface area (Å²) in [5, 5.41) is 2.96. The Morgan fingerprint density at radius 2 is 1.69 bits per heavy atom. The molecular weight excluding hydrogens is 424 g/mol.